The maximum Gasteiger partial charge on any atom is 0.420 e. The van der Waals surface area contributed by atoms with Gasteiger partial charge in [0.25, 0.3) is 0 Å². The minimum absolute atomic E-state index is 0.0617. The third kappa shape index (κ3) is 3.80. The van der Waals surface area contributed by atoms with E-state index in [1.54, 1.807) is 6.92 Å². The minimum Gasteiger partial charge on any atom is -0.469 e. The molecule has 0 aliphatic rings. The zero-order valence-corrected chi connectivity index (χ0v) is 9.39. The summed E-state index contributed by atoms with van der Waals surface area (Å²) in [5.74, 6) is -1.73. The Morgan fingerprint density at radius 2 is 2.06 bits per heavy atom. The van der Waals surface area contributed by atoms with Gasteiger partial charge in [0.15, 0.2) is 5.60 Å². The van der Waals surface area contributed by atoms with Crippen LogP contribution < -0.4 is 0 Å². The smallest absolute Gasteiger partial charge is 0.420 e. The number of aliphatic hydroxyl groups is 1. The summed E-state index contributed by atoms with van der Waals surface area (Å²) in [5, 5.41) is 9.78. The second kappa shape index (κ2) is 5.99. The number of nitrogens with zero attached hydrogens (tertiary/aromatic N) is 2. The number of hydrogen-bond donors (Lipinski definition) is 1. The van der Waals surface area contributed by atoms with Crippen LogP contribution in [0.2, 0.25) is 0 Å². The lowest BCUT2D eigenvalue weighted by molar-refractivity contribution is -0.148. The summed E-state index contributed by atoms with van der Waals surface area (Å²) in [4.78, 5) is 24.9. The van der Waals surface area contributed by atoms with Gasteiger partial charge in [-0.1, -0.05) is 0 Å². The summed E-state index contributed by atoms with van der Waals surface area (Å²) in [6, 6.07) is 0. The van der Waals surface area contributed by atoms with Gasteiger partial charge in [-0.3, -0.25) is 4.79 Å². The predicted molar refractivity (Wildman–Crippen MR) is 52.5 cm³/mol. The van der Waals surface area contributed by atoms with Crippen molar-refractivity contribution in [1.82, 2.24) is 0 Å². The number of esters is 2. The second-order valence-corrected chi connectivity index (χ2v) is 3.20. The van der Waals surface area contributed by atoms with E-state index in [2.05, 4.69) is 14.3 Å². The fourth-order valence-corrected chi connectivity index (χ4v) is 1.00. The molecule has 0 amide bonds. The van der Waals surface area contributed by atoms with E-state index in [1.807, 2.05) is 0 Å². The van der Waals surface area contributed by atoms with Crippen molar-refractivity contribution < 1.29 is 29.0 Å². The summed E-state index contributed by atoms with van der Waals surface area (Å²) in [6.45, 7) is 2.77. The fraction of sp³-hybridized carbons (Fsp3) is 0.667. The van der Waals surface area contributed by atoms with Crippen LogP contribution in [0.1, 0.15) is 20.3 Å². The summed E-state index contributed by atoms with van der Waals surface area (Å²) in [5.41, 5.74) is 6.04. The van der Waals surface area contributed by atoms with Crippen molar-refractivity contribution in [2.45, 2.75) is 25.9 Å². The number of carbonyl (C=O) groups is 2. The van der Waals surface area contributed by atoms with Crippen molar-refractivity contribution in [3.63, 3.8) is 0 Å². The molecule has 7 nitrogen and oxygen atoms in total. The molecule has 0 saturated heterocycles. The maximum absolute atomic E-state index is 11.3. The van der Waals surface area contributed by atoms with E-state index in [4.69, 9.17) is 5.53 Å². The number of ether oxygens (including phenoxy) is 2. The molecule has 16 heavy (non-hydrogen) atoms. The van der Waals surface area contributed by atoms with E-state index in [-0.39, 0.29) is 6.61 Å². The largest absolute Gasteiger partial charge is 0.469 e. The molecule has 0 saturated carbocycles. The molecular formula is C9H14N2O5. The molecule has 0 aliphatic heterocycles. The van der Waals surface area contributed by atoms with Crippen LogP contribution in [0.25, 0.3) is 5.53 Å². The van der Waals surface area contributed by atoms with Crippen LogP contribution in [-0.4, -0.2) is 46.9 Å². The lowest BCUT2D eigenvalue weighted by Crippen LogP contribution is -2.44. The van der Waals surface area contributed by atoms with Crippen LogP contribution in [0.5, 0.6) is 0 Å². The average molecular weight is 230 g/mol. The Morgan fingerprint density at radius 1 is 1.50 bits per heavy atom. The van der Waals surface area contributed by atoms with E-state index in [1.165, 1.54) is 0 Å². The van der Waals surface area contributed by atoms with Crippen molar-refractivity contribution in [3.05, 3.63) is 5.53 Å². The molecular weight excluding hydrogens is 216 g/mol. The molecule has 0 radical (unpaired) electrons. The highest BCUT2D eigenvalue weighted by atomic mass is 16.5. The van der Waals surface area contributed by atoms with E-state index in [0.29, 0.717) is 0 Å². The monoisotopic (exact) mass is 230 g/mol. The molecule has 0 bridgehead atoms. The molecule has 90 valence electrons. The molecule has 0 aromatic heterocycles. The van der Waals surface area contributed by atoms with Crippen LogP contribution >= 0.6 is 0 Å². The van der Waals surface area contributed by atoms with E-state index in [9.17, 15) is 14.7 Å². The summed E-state index contributed by atoms with van der Waals surface area (Å²) < 4.78 is 8.89. The van der Waals surface area contributed by atoms with E-state index >= 15 is 0 Å². The molecule has 0 aliphatic carbocycles. The summed E-state index contributed by atoms with van der Waals surface area (Å²) >= 11 is 0. The van der Waals surface area contributed by atoms with Crippen molar-refractivity contribution in [3.8, 4) is 0 Å². The van der Waals surface area contributed by atoms with Gasteiger partial charge in [0.05, 0.1) is 20.1 Å². The second-order valence-electron chi connectivity index (χ2n) is 3.20. The molecule has 0 unspecified atom stereocenters. The zero-order chi connectivity index (χ0) is 12.8. The van der Waals surface area contributed by atoms with Gasteiger partial charge in [-0.05, 0) is 13.8 Å². The Bertz CT molecular complexity index is 331. The van der Waals surface area contributed by atoms with Gasteiger partial charge < -0.3 is 20.1 Å². The topological polar surface area (TPSA) is 109 Å². The third-order valence-electron chi connectivity index (χ3n) is 1.80. The highest BCUT2D eigenvalue weighted by molar-refractivity contribution is 6.37. The first-order valence-electron chi connectivity index (χ1n) is 4.57. The van der Waals surface area contributed by atoms with Crippen molar-refractivity contribution in [2.75, 3.05) is 13.7 Å². The molecule has 0 spiro atoms. The van der Waals surface area contributed by atoms with Gasteiger partial charge in [0.2, 0.25) is 0 Å². The third-order valence-corrected chi connectivity index (χ3v) is 1.80. The number of carbonyl (C=O) groups excluding carboxylic acids is 2. The van der Waals surface area contributed by atoms with Crippen molar-refractivity contribution in [1.29, 1.82) is 0 Å². The Kier molecular flexibility index (Phi) is 5.35. The summed E-state index contributed by atoms with van der Waals surface area (Å²) in [6.07, 6.45) is -0.512. The lowest BCUT2D eigenvalue weighted by Gasteiger charge is -2.15. The Morgan fingerprint density at radius 3 is 2.44 bits per heavy atom. The highest BCUT2D eigenvalue weighted by Gasteiger charge is 2.44. The molecule has 1 atom stereocenters. The number of hydrogen-bond acceptors (Lipinski definition) is 5. The Hall–Kier alpha value is -1.72. The van der Waals surface area contributed by atoms with Gasteiger partial charge in [-0.15, -0.1) is 0 Å². The van der Waals surface area contributed by atoms with Gasteiger partial charge in [0.1, 0.15) is 0 Å². The molecule has 0 heterocycles. The van der Waals surface area contributed by atoms with Gasteiger partial charge in [0, 0.05) is 0 Å². The summed E-state index contributed by atoms with van der Waals surface area (Å²) in [7, 11) is 1.14. The molecule has 7 heteroatoms. The van der Waals surface area contributed by atoms with E-state index < -0.39 is 29.7 Å². The van der Waals surface area contributed by atoms with Crippen molar-refractivity contribution >= 4 is 17.7 Å². The van der Waals surface area contributed by atoms with Gasteiger partial charge >= 0.3 is 17.7 Å². The molecule has 0 aromatic carbocycles. The van der Waals surface area contributed by atoms with Gasteiger partial charge in [-0.25, -0.2) is 4.79 Å². The first kappa shape index (κ1) is 14.3. The van der Waals surface area contributed by atoms with Crippen LogP contribution in [-0.2, 0) is 19.1 Å². The predicted octanol–water partition coefficient (Wildman–Crippen LogP) is -0.466. The number of methoxy groups -OCH3 is 1. The van der Waals surface area contributed by atoms with E-state index in [0.717, 1.165) is 14.0 Å². The molecule has 0 fully saturated rings. The van der Waals surface area contributed by atoms with Crippen LogP contribution in [0.15, 0.2) is 0 Å². The minimum atomic E-state index is -1.94. The highest BCUT2D eigenvalue weighted by Crippen LogP contribution is 2.12. The quantitative estimate of drug-likeness (QED) is 0.297. The molecule has 0 aromatic rings. The molecule has 1 N–H and O–H groups in total. The maximum atomic E-state index is 11.3. The van der Waals surface area contributed by atoms with Crippen LogP contribution in [0.4, 0.5) is 0 Å². The normalized spacial score (nSPS) is 13.2. The first-order valence-corrected chi connectivity index (χ1v) is 4.57. The first-order chi connectivity index (χ1) is 7.38. The Labute approximate surface area is 92.6 Å². The van der Waals surface area contributed by atoms with Crippen LogP contribution in [0.3, 0.4) is 0 Å². The standard InChI is InChI=1S/C9H14N2O5/c1-4-16-8(13)7(11-10)9(2,14)5-6(12)15-3/h14H,4-5H2,1-3H3/t9-/m0/s1. The molecule has 0 rings (SSSR count). The SMILES string of the molecule is CCOC(=O)C(=[N+]=[N-])[C@@](C)(O)CC(=O)OC. The average Bonchev–Trinajstić information content (AvgIpc) is 2.17. The Balaban J connectivity index is 4.89. The zero-order valence-electron chi connectivity index (χ0n) is 9.39. The van der Waals surface area contributed by atoms with Crippen LogP contribution in [0, 0.1) is 0 Å². The number of rotatable bonds is 5. The lowest BCUT2D eigenvalue weighted by atomic mass is 9.96. The fourth-order valence-electron chi connectivity index (χ4n) is 1.00. The van der Waals surface area contributed by atoms with Crippen molar-refractivity contribution in [2.24, 2.45) is 0 Å². The van der Waals surface area contributed by atoms with Gasteiger partial charge in [-0.2, -0.15) is 4.79 Å².